The Balaban J connectivity index is 2.00. The summed E-state index contributed by atoms with van der Waals surface area (Å²) >= 11 is 1.04. The Bertz CT molecular complexity index is 1070. The zero-order valence-corrected chi connectivity index (χ0v) is 18.4. The second-order valence-electron chi connectivity index (χ2n) is 7.69. The normalized spacial score (nSPS) is 12.9. The van der Waals surface area contributed by atoms with Crippen LogP contribution in [0, 0.1) is 0 Å². The molecule has 1 aromatic heterocycles. The van der Waals surface area contributed by atoms with Crippen LogP contribution < -0.4 is 0 Å². The Morgan fingerprint density at radius 3 is 1.94 bits per heavy atom. The molecule has 9 heteroatoms. The number of aliphatic hydroxyl groups is 2. The fourth-order valence-corrected chi connectivity index (χ4v) is 4.70. The molecular weight excluding hydrogens is 466 g/mol. The first kappa shape index (κ1) is 25.3. The van der Waals surface area contributed by atoms with Gasteiger partial charge in [-0.2, -0.15) is 26.3 Å². The zero-order valence-electron chi connectivity index (χ0n) is 17.6. The molecule has 0 amide bonds. The molecule has 2 N–H and O–H groups in total. The smallest absolute Gasteiger partial charge is 0.392 e. The molecule has 0 aliphatic carbocycles. The highest BCUT2D eigenvalue weighted by Gasteiger charge is 2.72. The maximum absolute atomic E-state index is 13.7. The number of benzene rings is 2. The van der Waals surface area contributed by atoms with Gasteiger partial charge in [0.05, 0.1) is 6.61 Å². The monoisotopic (exact) mass is 488 g/mol. The number of aliphatic hydroxyl groups excluding tert-OH is 1. The van der Waals surface area contributed by atoms with E-state index in [0.29, 0.717) is 12.8 Å². The van der Waals surface area contributed by atoms with E-state index in [0.717, 1.165) is 28.0 Å². The number of hydrogen-bond acceptors (Lipinski definition) is 3. The van der Waals surface area contributed by atoms with Crippen molar-refractivity contribution in [2.45, 2.75) is 50.7 Å². The van der Waals surface area contributed by atoms with Crippen molar-refractivity contribution in [1.29, 1.82) is 0 Å². The molecule has 1 heterocycles. The Morgan fingerprint density at radius 2 is 1.39 bits per heavy atom. The van der Waals surface area contributed by atoms with Crippen LogP contribution in [-0.2, 0) is 31.5 Å². The van der Waals surface area contributed by atoms with E-state index in [2.05, 4.69) is 0 Å². The summed E-state index contributed by atoms with van der Waals surface area (Å²) in [4.78, 5) is 0.220. The minimum absolute atomic E-state index is 0.0739. The highest BCUT2D eigenvalue weighted by molar-refractivity contribution is 7.13. The van der Waals surface area contributed by atoms with Gasteiger partial charge in [-0.1, -0.05) is 49.4 Å². The lowest BCUT2D eigenvalue weighted by Gasteiger charge is -2.35. The van der Waals surface area contributed by atoms with Crippen molar-refractivity contribution in [1.82, 2.24) is 0 Å². The third-order valence-corrected chi connectivity index (χ3v) is 6.55. The Morgan fingerprint density at radius 1 is 0.818 bits per heavy atom. The maximum Gasteiger partial charge on any atom is 0.430 e. The molecule has 2 aromatic carbocycles. The van der Waals surface area contributed by atoms with Crippen molar-refractivity contribution < 1.29 is 36.6 Å². The van der Waals surface area contributed by atoms with E-state index >= 15 is 0 Å². The maximum atomic E-state index is 13.7. The second-order valence-corrected chi connectivity index (χ2v) is 8.60. The lowest BCUT2D eigenvalue weighted by atomic mass is 9.83. The van der Waals surface area contributed by atoms with Crippen LogP contribution in [-0.4, -0.2) is 22.6 Å². The quantitative estimate of drug-likeness (QED) is 0.370. The molecule has 0 aliphatic rings. The van der Waals surface area contributed by atoms with Gasteiger partial charge >= 0.3 is 12.4 Å². The first-order valence-corrected chi connectivity index (χ1v) is 11.0. The highest BCUT2D eigenvalue weighted by atomic mass is 32.1. The molecular formula is C24H22F6O2S. The van der Waals surface area contributed by atoms with Gasteiger partial charge in [-0.15, -0.1) is 11.3 Å². The first-order chi connectivity index (χ1) is 15.4. The second kappa shape index (κ2) is 9.48. The van der Waals surface area contributed by atoms with E-state index in [9.17, 15) is 31.4 Å². The van der Waals surface area contributed by atoms with Gasteiger partial charge < -0.3 is 10.2 Å². The third-order valence-electron chi connectivity index (χ3n) is 5.54. The van der Waals surface area contributed by atoms with Crippen molar-refractivity contribution in [2.24, 2.45) is 0 Å². The standard InChI is InChI=1S/C24H22F6O2S/c1-2-18-4-3-5-19(21(18)22(32,23(25,26)27)24(28,29)30)20-12-17(14-33-20)11-8-15-6-9-16(13-31)10-7-15/h3-7,9-10,12,14,31-32H,2,8,11,13H2,1H3. The van der Waals surface area contributed by atoms with E-state index in [4.69, 9.17) is 5.11 Å². The van der Waals surface area contributed by atoms with Crippen LogP contribution in [0.1, 0.15) is 34.7 Å². The largest absolute Gasteiger partial charge is 0.430 e. The summed E-state index contributed by atoms with van der Waals surface area (Å²) in [5.74, 6) is 0. The molecule has 3 rings (SSSR count). The van der Waals surface area contributed by atoms with Crippen LogP contribution in [0.5, 0.6) is 0 Å². The molecule has 178 valence electrons. The third kappa shape index (κ3) is 4.95. The molecule has 0 atom stereocenters. The minimum atomic E-state index is -5.95. The van der Waals surface area contributed by atoms with Gasteiger partial charge in [0.2, 0.25) is 0 Å². The predicted molar refractivity (Wildman–Crippen MR) is 115 cm³/mol. The molecule has 0 spiro atoms. The summed E-state index contributed by atoms with van der Waals surface area (Å²) in [6.07, 6.45) is -10.9. The van der Waals surface area contributed by atoms with Gasteiger partial charge in [0.15, 0.2) is 0 Å². The molecule has 0 saturated heterocycles. The van der Waals surface area contributed by atoms with Gasteiger partial charge in [0.1, 0.15) is 0 Å². The number of alkyl halides is 6. The van der Waals surface area contributed by atoms with Gasteiger partial charge in [0.25, 0.3) is 5.60 Å². The van der Waals surface area contributed by atoms with E-state index in [1.165, 1.54) is 25.1 Å². The molecule has 0 aliphatic heterocycles. The number of rotatable bonds is 7. The fourth-order valence-electron chi connectivity index (χ4n) is 3.72. The number of hydrogen-bond donors (Lipinski definition) is 2. The van der Waals surface area contributed by atoms with Crippen molar-refractivity contribution in [3.05, 3.63) is 81.7 Å². The number of thiophene rings is 1. The summed E-state index contributed by atoms with van der Waals surface area (Å²) < 4.78 is 82.1. The van der Waals surface area contributed by atoms with Crippen molar-refractivity contribution in [2.75, 3.05) is 0 Å². The molecule has 0 saturated carbocycles. The summed E-state index contributed by atoms with van der Waals surface area (Å²) in [6.45, 7) is 1.37. The van der Waals surface area contributed by atoms with Crippen molar-refractivity contribution in [3.8, 4) is 10.4 Å². The number of halogens is 6. The van der Waals surface area contributed by atoms with Crippen LogP contribution in [0.15, 0.2) is 53.9 Å². The SMILES string of the molecule is CCc1cccc(-c2cc(CCc3ccc(CO)cc3)cs2)c1C(O)(C(F)(F)F)C(F)(F)F. The van der Waals surface area contributed by atoms with E-state index in [1.807, 2.05) is 12.1 Å². The zero-order chi connectivity index (χ0) is 24.4. The van der Waals surface area contributed by atoms with Gasteiger partial charge in [-0.3, -0.25) is 0 Å². The van der Waals surface area contributed by atoms with Crippen LogP contribution in [0.2, 0.25) is 0 Å². The van der Waals surface area contributed by atoms with Gasteiger partial charge in [0, 0.05) is 10.4 Å². The van der Waals surface area contributed by atoms with Crippen LogP contribution >= 0.6 is 11.3 Å². The fraction of sp³-hybridized carbons (Fsp3) is 0.333. The van der Waals surface area contributed by atoms with E-state index < -0.39 is 23.5 Å². The molecule has 0 fully saturated rings. The molecule has 33 heavy (non-hydrogen) atoms. The van der Waals surface area contributed by atoms with Crippen molar-refractivity contribution in [3.63, 3.8) is 0 Å². The van der Waals surface area contributed by atoms with E-state index in [-0.39, 0.29) is 29.0 Å². The highest BCUT2D eigenvalue weighted by Crippen LogP contribution is 2.53. The summed E-state index contributed by atoms with van der Waals surface area (Å²) in [7, 11) is 0. The van der Waals surface area contributed by atoms with Crippen LogP contribution in [0.4, 0.5) is 26.3 Å². The minimum Gasteiger partial charge on any atom is -0.392 e. The van der Waals surface area contributed by atoms with Gasteiger partial charge in [-0.25, -0.2) is 0 Å². The first-order valence-electron chi connectivity index (χ1n) is 10.2. The molecule has 0 bridgehead atoms. The lowest BCUT2D eigenvalue weighted by molar-refractivity contribution is -0.376. The average Bonchev–Trinajstić information content (AvgIpc) is 3.24. The van der Waals surface area contributed by atoms with E-state index in [1.54, 1.807) is 23.6 Å². The number of aryl methyl sites for hydroxylation is 3. The summed E-state index contributed by atoms with van der Waals surface area (Å²) in [5.41, 5.74) is -4.14. The predicted octanol–water partition coefficient (Wildman–Crippen LogP) is 6.57. The lowest BCUT2D eigenvalue weighted by Crippen LogP contribution is -2.54. The molecule has 0 unspecified atom stereocenters. The van der Waals surface area contributed by atoms with Crippen LogP contribution in [0.3, 0.4) is 0 Å². The molecule has 0 radical (unpaired) electrons. The average molecular weight is 488 g/mol. The topological polar surface area (TPSA) is 40.5 Å². The Kier molecular flexibility index (Phi) is 7.26. The molecule has 3 aromatic rings. The Labute approximate surface area is 191 Å². The van der Waals surface area contributed by atoms with Gasteiger partial charge in [-0.05, 0) is 58.5 Å². The van der Waals surface area contributed by atoms with Crippen LogP contribution in [0.25, 0.3) is 10.4 Å². The Hall–Kier alpha value is -2.36. The summed E-state index contributed by atoms with van der Waals surface area (Å²) in [5, 5.41) is 21.0. The van der Waals surface area contributed by atoms with Crippen molar-refractivity contribution >= 4 is 11.3 Å². The molecule has 2 nitrogen and oxygen atoms in total. The summed E-state index contributed by atoms with van der Waals surface area (Å²) in [6, 6.07) is 12.6.